The molecule has 12 nitrogen and oxygen atoms in total. The first-order valence-electron chi connectivity index (χ1n) is 15.0. The number of aliphatic hydroxyl groups excluding tert-OH is 7. The van der Waals surface area contributed by atoms with Crippen molar-refractivity contribution in [3.63, 3.8) is 0 Å². The second-order valence-corrected chi connectivity index (χ2v) is 10.8. The molecule has 7 N–H and O–H groups in total. The van der Waals surface area contributed by atoms with Crippen LogP contribution in [0.15, 0.2) is 36.5 Å². The van der Waals surface area contributed by atoms with Gasteiger partial charge in [-0.15, -0.1) is 0 Å². The van der Waals surface area contributed by atoms with Gasteiger partial charge in [-0.1, -0.05) is 75.5 Å². The Kier molecular flexibility index (Phi) is 17.0. The van der Waals surface area contributed by atoms with E-state index in [1.807, 2.05) is 18.2 Å². The molecule has 242 valence electrons. The van der Waals surface area contributed by atoms with Crippen LogP contribution in [0, 0.1) is 0 Å². The third kappa shape index (κ3) is 11.1. The lowest BCUT2D eigenvalue weighted by molar-refractivity contribution is -0.383. The number of hydrogen-bond donors (Lipinski definition) is 7. The summed E-state index contributed by atoms with van der Waals surface area (Å²) in [5.74, 6) is -2.87. The number of allylic oxidation sites excluding steroid dienone is 6. The normalized spacial score (nSPS) is 33.8. The van der Waals surface area contributed by atoms with E-state index in [4.69, 9.17) is 18.9 Å². The van der Waals surface area contributed by atoms with Crippen LogP contribution in [0.2, 0.25) is 0 Å². The average Bonchev–Trinajstić information content (AvgIpc) is 3.23. The Morgan fingerprint density at radius 1 is 0.762 bits per heavy atom. The van der Waals surface area contributed by atoms with Gasteiger partial charge in [-0.05, 0) is 25.7 Å². The zero-order valence-corrected chi connectivity index (χ0v) is 24.4. The van der Waals surface area contributed by atoms with E-state index in [-0.39, 0.29) is 6.42 Å². The maximum absolute atomic E-state index is 12.4. The molecule has 0 aromatic heterocycles. The highest BCUT2D eigenvalue weighted by atomic mass is 16.8. The summed E-state index contributed by atoms with van der Waals surface area (Å²) in [6, 6.07) is 0. The molecule has 2 saturated heterocycles. The lowest BCUT2D eigenvalue weighted by Crippen LogP contribution is -2.62. The highest BCUT2D eigenvalue weighted by Crippen LogP contribution is 2.36. The lowest BCUT2D eigenvalue weighted by atomic mass is 9.99. The van der Waals surface area contributed by atoms with Crippen LogP contribution in [0.3, 0.4) is 0 Å². The highest BCUT2D eigenvalue weighted by Gasteiger charge is 2.59. The Bertz CT molecular complexity index is 846. The van der Waals surface area contributed by atoms with E-state index >= 15 is 0 Å². The number of esters is 1. The standard InChI is InChI=1S/C30H50O12/c1-2-3-4-5-6-7-8-9-10-11-12-13-14-15-16-17-23(33)39-20-30(28(38)25(35)22(19-32)41-30)42-29-27(37)26(36)24(34)21(18-31)40-29/h5-10,21-22,24-29,31-32,34-38H,2-4,11-20H2,1H3/b6-5+,8-7+,10-9-/t21-,22-,24-,25-,26+,27-,28+,29-,30+/m1/s1. The van der Waals surface area contributed by atoms with E-state index in [0.29, 0.717) is 6.42 Å². The molecule has 42 heavy (non-hydrogen) atoms. The van der Waals surface area contributed by atoms with Gasteiger partial charge in [-0.3, -0.25) is 4.79 Å². The third-order valence-electron chi connectivity index (χ3n) is 7.37. The number of unbranched alkanes of at least 4 members (excludes halogenated alkanes) is 7. The molecule has 0 aromatic rings. The van der Waals surface area contributed by atoms with Gasteiger partial charge in [-0.25, -0.2) is 0 Å². The Balaban J connectivity index is 1.76. The van der Waals surface area contributed by atoms with E-state index < -0.39 is 80.6 Å². The van der Waals surface area contributed by atoms with Gasteiger partial charge in [0.15, 0.2) is 6.29 Å². The molecule has 2 aliphatic heterocycles. The van der Waals surface area contributed by atoms with Crippen molar-refractivity contribution >= 4 is 5.97 Å². The molecule has 12 heteroatoms. The fourth-order valence-corrected chi connectivity index (χ4v) is 4.73. The molecular weight excluding hydrogens is 552 g/mol. The molecule has 2 rings (SSSR count). The molecule has 0 bridgehead atoms. The zero-order chi connectivity index (χ0) is 31.0. The number of carbonyl (C=O) groups excluding carboxylic acids is 1. The van der Waals surface area contributed by atoms with Crippen molar-refractivity contribution in [3.05, 3.63) is 36.5 Å². The van der Waals surface area contributed by atoms with Crippen molar-refractivity contribution in [1.82, 2.24) is 0 Å². The van der Waals surface area contributed by atoms with Crippen LogP contribution in [0.5, 0.6) is 0 Å². The average molecular weight is 603 g/mol. The van der Waals surface area contributed by atoms with Crippen LogP contribution in [-0.4, -0.2) is 116 Å². The van der Waals surface area contributed by atoms with Crippen molar-refractivity contribution < 1.29 is 59.5 Å². The van der Waals surface area contributed by atoms with Crippen LogP contribution < -0.4 is 0 Å². The Morgan fingerprint density at radius 3 is 2.00 bits per heavy atom. The maximum Gasteiger partial charge on any atom is 0.305 e. The molecule has 2 aliphatic rings. The van der Waals surface area contributed by atoms with Crippen LogP contribution in [0.1, 0.15) is 71.1 Å². The molecule has 0 aromatic carbocycles. The van der Waals surface area contributed by atoms with E-state index in [1.54, 1.807) is 0 Å². The van der Waals surface area contributed by atoms with Crippen LogP contribution >= 0.6 is 0 Å². The Morgan fingerprint density at radius 2 is 1.38 bits per heavy atom. The maximum atomic E-state index is 12.4. The third-order valence-corrected chi connectivity index (χ3v) is 7.37. The molecular formula is C30H50O12. The number of ether oxygens (including phenoxy) is 4. The predicted octanol–water partition coefficient (Wildman–Crippen LogP) is 0.745. The minimum absolute atomic E-state index is 0.0919. The van der Waals surface area contributed by atoms with Gasteiger partial charge in [0, 0.05) is 6.42 Å². The summed E-state index contributed by atoms with van der Waals surface area (Å²) in [6.45, 7) is 0.0390. The van der Waals surface area contributed by atoms with Gasteiger partial charge in [0.05, 0.1) is 13.2 Å². The van der Waals surface area contributed by atoms with E-state index in [2.05, 4.69) is 25.2 Å². The molecule has 0 unspecified atom stereocenters. The number of hydrogen-bond acceptors (Lipinski definition) is 12. The second-order valence-electron chi connectivity index (χ2n) is 10.8. The summed E-state index contributed by atoms with van der Waals surface area (Å²) >= 11 is 0. The van der Waals surface area contributed by atoms with Crippen LogP contribution in [0.25, 0.3) is 0 Å². The first-order valence-corrected chi connectivity index (χ1v) is 15.0. The summed E-state index contributed by atoms with van der Waals surface area (Å²) < 4.78 is 21.7. The molecule has 0 radical (unpaired) electrons. The van der Waals surface area contributed by atoms with Crippen molar-refractivity contribution in [1.29, 1.82) is 0 Å². The molecule has 0 aliphatic carbocycles. The van der Waals surface area contributed by atoms with E-state index in [9.17, 15) is 40.5 Å². The highest BCUT2D eigenvalue weighted by molar-refractivity contribution is 5.69. The summed E-state index contributed by atoms with van der Waals surface area (Å²) in [5.41, 5.74) is 0. The van der Waals surface area contributed by atoms with E-state index in [1.165, 1.54) is 12.8 Å². The van der Waals surface area contributed by atoms with Crippen molar-refractivity contribution in [2.75, 3.05) is 19.8 Å². The van der Waals surface area contributed by atoms with Gasteiger partial charge in [0.2, 0.25) is 5.79 Å². The van der Waals surface area contributed by atoms with Crippen molar-refractivity contribution in [2.24, 2.45) is 0 Å². The Labute approximate surface area is 247 Å². The quantitative estimate of drug-likeness (QED) is 0.0623. The SMILES string of the molecule is CCCC/C=C/C=C/C=C\CCCCCCCC(=O)OC[C@@]1(O[C@H]2O[C@H](CO)[C@@H](O)[C@H](O)[C@H]2O)O[C@H](CO)[C@@H](O)[C@@H]1O. The van der Waals surface area contributed by atoms with Gasteiger partial charge >= 0.3 is 5.97 Å². The molecule has 2 fully saturated rings. The monoisotopic (exact) mass is 602 g/mol. The lowest BCUT2D eigenvalue weighted by Gasteiger charge is -2.43. The first-order chi connectivity index (χ1) is 20.2. The molecule has 0 saturated carbocycles. The summed E-state index contributed by atoms with van der Waals surface area (Å²) in [4.78, 5) is 12.4. The second kappa shape index (κ2) is 19.5. The minimum atomic E-state index is -2.26. The Hall–Kier alpha value is -1.71. The van der Waals surface area contributed by atoms with Crippen LogP contribution in [0.4, 0.5) is 0 Å². The first kappa shape index (κ1) is 36.5. The van der Waals surface area contributed by atoms with Gasteiger partial charge in [0.25, 0.3) is 0 Å². The van der Waals surface area contributed by atoms with Crippen molar-refractivity contribution in [3.8, 4) is 0 Å². The zero-order valence-electron chi connectivity index (χ0n) is 24.4. The number of aliphatic hydroxyl groups is 7. The number of rotatable bonds is 19. The summed E-state index contributed by atoms with van der Waals surface area (Å²) in [7, 11) is 0. The molecule has 0 spiro atoms. The van der Waals surface area contributed by atoms with Crippen molar-refractivity contribution in [2.45, 2.75) is 126 Å². The molecule has 2 heterocycles. The predicted molar refractivity (Wildman–Crippen MR) is 152 cm³/mol. The van der Waals surface area contributed by atoms with E-state index in [0.717, 1.165) is 38.5 Å². The summed E-state index contributed by atoms with van der Waals surface area (Å²) in [5, 5.41) is 70.3. The largest absolute Gasteiger partial charge is 0.460 e. The number of carbonyl (C=O) groups is 1. The van der Waals surface area contributed by atoms with Gasteiger partial charge in [0.1, 0.15) is 49.3 Å². The fraction of sp³-hybridized carbons (Fsp3) is 0.767. The molecule has 9 atom stereocenters. The van der Waals surface area contributed by atoms with Gasteiger partial charge < -0.3 is 54.7 Å². The van der Waals surface area contributed by atoms with Crippen LogP contribution in [-0.2, 0) is 23.7 Å². The fourth-order valence-electron chi connectivity index (χ4n) is 4.73. The smallest absolute Gasteiger partial charge is 0.305 e. The summed E-state index contributed by atoms with van der Waals surface area (Å²) in [6.07, 6.45) is 8.40. The van der Waals surface area contributed by atoms with Gasteiger partial charge in [-0.2, -0.15) is 0 Å². The molecule has 0 amide bonds. The minimum Gasteiger partial charge on any atom is -0.460 e. The topological polar surface area (TPSA) is 196 Å².